The lowest BCUT2D eigenvalue weighted by Crippen LogP contribution is -2.59. The minimum Gasteiger partial charge on any atom is -0.389 e. The summed E-state index contributed by atoms with van der Waals surface area (Å²) in [4.78, 5) is 27.9. The third-order valence-electron chi connectivity index (χ3n) is 7.70. The summed E-state index contributed by atoms with van der Waals surface area (Å²) in [6.07, 6.45) is 0.467. The van der Waals surface area contributed by atoms with Gasteiger partial charge in [-0.1, -0.05) is 58.9 Å². The van der Waals surface area contributed by atoms with Crippen molar-refractivity contribution in [2.45, 2.75) is 90.3 Å². The smallest absolute Gasteiger partial charge is 0.223 e. The third kappa shape index (κ3) is 8.10. The second kappa shape index (κ2) is 13.2. The van der Waals surface area contributed by atoms with E-state index in [9.17, 15) is 23.5 Å². The van der Waals surface area contributed by atoms with E-state index in [2.05, 4.69) is 49.6 Å². The molecule has 1 heterocycles. The zero-order chi connectivity index (χ0) is 29.7. The second-order valence-corrected chi connectivity index (χ2v) is 12.6. The van der Waals surface area contributed by atoms with E-state index in [1.807, 2.05) is 19.9 Å². The van der Waals surface area contributed by atoms with Gasteiger partial charge in [0.05, 0.1) is 17.7 Å². The fourth-order valence-corrected chi connectivity index (χ4v) is 5.65. The Morgan fingerprint density at radius 1 is 1.07 bits per heavy atom. The summed E-state index contributed by atoms with van der Waals surface area (Å²) >= 11 is 0. The van der Waals surface area contributed by atoms with Crippen LogP contribution < -0.4 is 10.6 Å². The molecule has 2 aromatic carbocycles. The number of hydrogen-bond donors (Lipinski definition) is 3. The summed E-state index contributed by atoms with van der Waals surface area (Å²) in [6, 6.07) is 10.7. The van der Waals surface area contributed by atoms with E-state index in [1.54, 1.807) is 4.90 Å². The number of aliphatic hydroxyl groups excluding tert-OH is 1. The molecule has 220 valence electrons. The summed E-state index contributed by atoms with van der Waals surface area (Å²) < 4.78 is 27.9. The van der Waals surface area contributed by atoms with E-state index < -0.39 is 29.3 Å². The maximum atomic E-state index is 13.9. The molecule has 0 radical (unpaired) electrons. The van der Waals surface area contributed by atoms with Crippen LogP contribution in [0.25, 0.3) is 0 Å². The minimum absolute atomic E-state index is 0.00963. The molecule has 0 spiro atoms. The number of amides is 2. The van der Waals surface area contributed by atoms with E-state index in [4.69, 9.17) is 0 Å². The minimum atomic E-state index is -1.18. The highest BCUT2D eigenvalue weighted by molar-refractivity contribution is 5.78. The lowest BCUT2D eigenvalue weighted by molar-refractivity contribution is -0.143. The molecule has 3 rings (SSSR count). The Kier molecular flexibility index (Phi) is 10.5. The van der Waals surface area contributed by atoms with Crippen molar-refractivity contribution in [1.29, 1.82) is 0 Å². The van der Waals surface area contributed by atoms with Crippen molar-refractivity contribution in [2.75, 3.05) is 19.6 Å². The molecule has 1 saturated heterocycles. The number of rotatable bonds is 10. The van der Waals surface area contributed by atoms with Crippen LogP contribution in [0.4, 0.5) is 8.78 Å². The first-order valence-corrected chi connectivity index (χ1v) is 14.2. The van der Waals surface area contributed by atoms with Crippen molar-refractivity contribution >= 4 is 11.8 Å². The van der Waals surface area contributed by atoms with Crippen molar-refractivity contribution < 1.29 is 23.5 Å². The summed E-state index contributed by atoms with van der Waals surface area (Å²) in [7, 11) is 0. The molecule has 1 aliphatic rings. The monoisotopic (exact) mass is 557 g/mol. The quantitative estimate of drug-likeness (QED) is 0.391. The van der Waals surface area contributed by atoms with Crippen LogP contribution in [0.1, 0.15) is 77.5 Å². The van der Waals surface area contributed by atoms with Gasteiger partial charge < -0.3 is 20.6 Å². The van der Waals surface area contributed by atoms with Gasteiger partial charge in [0.25, 0.3) is 0 Å². The maximum Gasteiger partial charge on any atom is 0.223 e. The van der Waals surface area contributed by atoms with Crippen LogP contribution >= 0.6 is 0 Å². The number of halogens is 2. The van der Waals surface area contributed by atoms with Crippen molar-refractivity contribution in [2.24, 2.45) is 5.92 Å². The van der Waals surface area contributed by atoms with E-state index in [0.717, 1.165) is 17.2 Å². The van der Waals surface area contributed by atoms with Gasteiger partial charge in [0, 0.05) is 26.0 Å². The lowest BCUT2D eigenvalue weighted by atomic mass is 9.76. The van der Waals surface area contributed by atoms with Crippen LogP contribution in [0.5, 0.6) is 0 Å². The first kappa shape index (κ1) is 31.7. The summed E-state index contributed by atoms with van der Waals surface area (Å²) in [5.74, 6) is -1.81. The number of piperidine rings is 1. The highest BCUT2D eigenvalue weighted by Gasteiger charge is 2.44. The molecule has 0 bridgehead atoms. The first-order valence-electron chi connectivity index (χ1n) is 14.2. The van der Waals surface area contributed by atoms with Gasteiger partial charge in [0.15, 0.2) is 0 Å². The van der Waals surface area contributed by atoms with Gasteiger partial charge in [-0.15, -0.1) is 0 Å². The van der Waals surface area contributed by atoms with Crippen LogP contribution in [-0.2, 0) is 27.0 Å². The Labute approximate surface area is 237 Å². The van der Waals surface area contributed by atoms with E-state index >= 15 is 0 Å². The molecular weight excluding hydrogens is 512 g/mol. The molecule has 8 heteroatoms. The first-order chi connectivity index (χ1) is 18.7. The SMILES string of the molecule is CC(=O)N[C@@H](Cc1cc(F)cc(F)c1)[C@H](O)CN(C(=O)CC(C)C)C1(c2cccc(C(C)(C)C)c2)CCNCC1. The molecule has 40 heavy (non-hydrogen) atoms. The van der Waals surface area contributed by atoms with Crippen LogP contribution in [0, 0.1) is 17.6 Å². The molecule has 0 aromatic heterocycles. The van der Waals surface area contributed by atoms with Crippen LogP contribution in [-0.4, -0.2) is 53.6 Å². The molecule has 2 aromatic rings. The number of hydrogen-bond acceptors (Lipinski definition) is 4. The van der Waals surface area contributed by atoms with Gasteiger partial charge >= 0.3 is 0 Å². The van der Waals surface area contributed by atoms with Crippen molar-refractivity contribution in [3.8, 4) is 0 Å². The van der Waals surface area contributed by atoms with Gasteiger partial charge in [-0.05, 0) is 72.5 Å². The molecule has 0 saturated carbocycles. The van der Waals surface area contributed by atoms with Gasteiger partial charge in [0.1, 0.15) is 11.6 Å². The standard InChI is InChI=1S/C32H45F2N3O3/c1-21(2)14-30(40)37(20-29(39)28(36-22(3)38)17-23-15-26(33)19-27(34)16-23)32(10-12-35-13-11-32)25-9-7-8-24(18-25)31(4,5)6/h7-9,15-16,18-19,21,28-29,35,39H,10-14,17,20H2,1-6H3,(H,36,38)/t28-,29+/m0/s1. The Bertz CT molecular complexity index is 1150. The highest BCUT2D eigenvalue weighted by Crippen LogP contribution is 2.40. The fraction of sp³-hybridized carbons (Fsp3) is 0.562. The van der Waals surface area contributed by atoms with Crippen molar-refractivity contribution in [3.63, 3.8) is 0 Å². The maximum absolute atomic E-state index is 13.9. The summed E-state index contributed by atoms with van der Waals surface area (Å²) in [6.45, 7) is 13.1. The number of carbonyl (C=O) groups excluding carboxylic acids is 2. The molecule has 2 atom stereocenters. The number of benzene rings is 2. The number of nitrogens with zero attached hydrogens (tertiary/aromatic N) is 1. The van der Waals surface area contributed by atoms with Gasteiger partial charge in [-0.3, -0.25) is 9.59 Å². The topological polar surface area (TPSA) is 81.7 Å². The summed E-state index contributed by atoms with van der Waals surface area (Å²) in [5.41, 5.74) is 1.74. The van der Waals surface area contributed by atoms with E-state index in [1.165, 1.54) is 19.1 Å². The van der Waals surface area contributed by atoms with Crippen LogP contribution in [0.2, 0.25) is 0 Å². The Morgan fingerprint density at radius 3 is 2.25 bits per heavy atom. The normalized spacial score (nSPS) is 16.9. The average Bonchev–Trinajstić information content (AvgIpc) is 2.85. The Morgan fingerprint density at radius 2 is 1.70 bits per heavy atom. The van der Waals surface area contributed by atoms with Crippen molar-refractivity contribution in [1.82, 2.24) is 15.5 Å². The Balaban J connectivity index is 2.05. The Hall–Kier alpha value is -2.84. The van der Waals surface area contributed by atoms with Crippen molar-refractivity contribution in [3.05, 3.63) is 70.8 Å². The van der Waals surface area contributed by atoms with E-state index in [-0.39, 0.29) is 36.1 Å². The zero-order valence-electron chi connectivity index (χ0n) is 24.7. The van der Waals surface area contributed by atoms with E-state index in [0.29, 0.717) is 37.9 Å². The largest absolute Gasteiger partial charge is 0.389 e. The third-order valence-corrected chi connectivity index (χ3v) is 7.70. The number of carbonyl (C=O) groups is 2. The molecule has 0 unspecified atom stereocenters. The molecule has 0 aliphatic carbocycles. The lowest BCUT2D eigenvalue weighted by Gasteiger charge is -2.49. The second-order valence-electron chi connectivity index (χ2n) is 12.6. The predicted octanol–water partition coefficient (Wildman–Crippen LogP) is 4.82. The molecule has 6 nitrogen and oxygen atoms in total. The molecular formula is C32H45F2N3O3. The molecule has 1 fully saturated rings. The van der Waals surface area contributed by atoms with Crippen LogP contribution in [0.3, 0.4) is 0 Å². The number of nitrogens with one attached hydrogen (secondary N) is 2. The highest BCUT2D eigenvalue weighted by atomic mass is 19.1. The molecule has 3 N–H and O–H groups in total. The zero-order valence-corrected chi connectivity index (χ0v) is 24.7. The summed E-state index contributed by atoms with van der Waals surface area (Å²) in [5, 5.41) is 17.7. The molecule has 2 amide bonds. The van der Waals surface area contributed by atoms with Gasteiger partial charge in [-0.2, -0.15) is 0 Å². The predicted molar refractivity (Wildman–Crippen MR) is 154 cm³/mol. The average molecular weight is 558 g/mol. The van der Waals surface area contributed by atoms with Crippen LogP contribution in [0.15, 0.2) is 42.5 Å². The molecule has 1 aliphatic heterocycles. The van der Waals surface area contributed by atoms with Gasteiger partial charge in [0.2, 0.25) is 11.8 Å². The number of aliphatic hydroxyl groups is 1. The van der Waals surface area contributed by atoms with Gasteiger partial charge in [-0.25, -0.2) is 8.78 Å². The fourth-order valence-electron chi connectivity index (χ4n) is 5.65.